The lowest BCUT2D eigenvalue weighted by atomic mass is 10.2. The molecule has 0 radical (unpaired) electrons. The van der Waals surface area contributed by atoms with E-state index in [4.69, 9.17) is 14.2 Å². The highest BCUT2D eigenvalue weighted by molar-refractivity contribution is 5.73. The summed E-state index contributed by atoms with van der Waals surface area (Å²) in [5.74, 6) is 1.46. The lowest BCUT2D eigenvalue weighted by Crippen LogP contribution is -2.45. The van der Waals surface area contributed by atoms with Gasteiger partial charge in [-0.2, -0.15) is 0 Å². The summed E-state index contributed by atoms with van der Waals surface area (Å²) in [6, 6.07) is 7.32. The molecule has 0 saturated carbocycles. The van der Waals surface area contributed by atoms with Gasteiger partial charge in [0.1, 0.15) is 6.61 Å². The molecular weight excluding hydrogens is 272 g/mol. The molecule has 0 bridgehead atoms. The summed E-state index contributed by atoms with van der Waals surface area (Å²) in [4.78, 5) is 11.7. The fraction of sp³-hybridized carbons (Fsp3) is 0.533. The molecule has 1 saturated heterocycles. The summed E-state index contributed by atoms with van der Waals surface area (Å²) in [6.45, 7) is 2.19. The Hall–Kier alpha value is -1.95. The van der Waals surface area contributed by atoms with Crippen molar-refractivity contribution >= 4 is 6.03 Å². The van der Waals surface area contributed by atoms with E-state index in [0.717, 1.165) is 30.9 Å². The Kier molecular flexibility index (Phi) is 4.45. The van der Waals surface area contributed by atoms with Gasteiger partial charge >= 0.3 is 6.03 Å². The number of ether oxygens (including phenoxy) is 3. The van der Waals surface area contributed by atoms with Gasteiger partial charge in [-0.05, 0) is 25.0 Å². The molecule has 1 aromatic rings. The SMILES string of the molecule is O=C(NCC1CCCO1)NCC1COc2ccccc2O1. The van der Waals surface area contributed by atoms with Gasteiger partial charge in [0.2, 0.25) is 0 Å². The molecule has 2 aliphatic rings. The summed E-state index contributed by atoms with van der Waals surface area (Å²) in [5.41, 5.74) is 0. The zero-order chi connectivity index (χ0) is 14.5. The molecule has 1 aromatic carbocycles. The maximum Gasteiger partial charge on any atom is 0.315 e. The van der Waals surface area contributed by atoms with Crippen molar-refractivity contribution in [3.8, 4) is 11.5 Å². The van der Waals surface area contributed by atoms with Crippen LogP contribution in [0.3, 0.4) is 0 Å². The van der Waals surface area contributed by atoms with Gasteiger partial charge in [-0.1, -0.05) is 12.1 Å². The Balaban J connectivity index is 1.38. The normalized spacial score (nSPS) is 23.6. The largest absolute Gasteiger partial charge is 0.486 e. The Morgan fingerprint density at radius 1 is 1.14 bits per heavy atom. The Morgan fingerprint density at radius 3 is 2.67 bits per heavy atom. The third-order valence-electron chi connectivity index (χ3n) is 3.57. The van der Waals surface area contributed by atoms with Crippen molar-refractivity contribution in [1.29, 1.82) is 0 Å². The van der Waals surface area contributed by atoms with Crippen molar-refractivity contribution in [3.63, 3.8) is 0 Å². The number of carbonyl (C=O) groups is 1. The molecule has 0 aliphatic carbocycles. The lowest BCUT2D eigenvalue weighted by molar-refractivity contribution is 0.0909. The first-order valence-corrected chi connectivity index (χ1v) is 7.33. The molecule has 2 heterocycles. The molecule has 3 rings (SSSR count). The van der Waals surface area contributed by atoms with E-state index in [2.05, 4.69) is 10.6 Å². The standard InChI is InChI=1S/C15H20N2O4/c18-15(16-8-11-4-3-7-19-11)17-9-12-10-20-13-5-1-2-6-14(13)21-12/h1-2,5-6,11-12H,3-4,7-10H2,(H2,16,17,18). The maximum absolute atomic E-state index is 11.7. The molecule has 2 unspecified atom stereocenters. The van der Waals surface area contributed by atoms with Crippen LogP contribution in [0.1, 0.15) is 12.8 Å². The first-order chi connectivity index (χ1) is 10.3. The minimum atomic E-state index is -0.201. The molecular formula is C15H20N2O4. The van der Waals surface area contributed by atoms with Crippen LogP contribution < -0.4 is 20.1 Å². The molecule has 2 amide bonds. The van der Waals surface area contributed by atoms with Crippen molar-refractivity contribution in [2.45, 2.75) is 25.0 Å². The minimum Gasteiger partial charge on any atom is -0.486 e. The summed E-state index contributed by atoms with van der Waals surface area (Å²) in [6.07, 6.45) is 2.06. The number of fused-ring (bicyclic) bond motifs is 1. The predicted molar refractivity (Wildman–Crippen MR) is 76.7 cm³/mol. The third-order valence-corrected chi connectivity index (χ3v) is 3.57. The van der Waals surface area contributed by atoms with Gasteiger partial charge < -0.3 is 24.8 Å². The van der Waals surface area contributed by atoms with Crippen LogP contribution in [-0.4, -0.2) is 44.5 Å². The number of para-hydroxylation sites is 2. The van der Waals surface area contributed by atoms with Crippen LogP contribution in [0.15, 0.2) is 24.3 Å². The first-order valence-electron chi connectivity index (χ1n) is 7.33. The van der Waals surface area contributed by atoms with E-state index in [9.17, 15) is 4.79 Å². The van der Waals surface area contributed by atoms with Gasteiger partial charge in [0.25, 0.3) is 0 Å². The number of benzene rings is 1. The molecule has 0 aromatic heterocycles. The molecule has 21 heavy (non-hydrogen) atoms. The Bertz CT molecular complexity index is 488. The highest BCUT2D eigenvalue weighted by Gasteiger charge is 2.21. The highest BCUT2D eigenvalue weighted by atomic mass is 16.6. The van der Waals surface area contributed by atoms with Crippen LogP contribution in [0.5, 0.6) is 11.5 Å². The van der Waals surface area contributed by atoms with Gasteiger partial charge in [0.15, 0.2) is 17.6 Å². The number of amides is 2. The highest BCUT2D eigenvalue weighted by Crippen LogP contribution is 2.30. The van der Waals surface area contributed by atoms with Gasteiger partial charge in [-0.3, -0.25) is 0 Å². The van der Waals surface area contributed by atoms with Crippen molar-refractivity contribution in [2.75, 3.05) is 26.3 Å². The fourth-order valence-electron chi connectivity index (χ4n) is 2.44. The van der Waals surface area contributed by atoms with E-state index in [0.29, 0.717) is 19.7 Å². The van der Waals surface area contributed by atoms with Crippen LogP contribution in [-0.2, 0) is 4.74 Å². The van der Waals surface area contributed by atoms with Crippen LogP contribution in [0.2, 0.25) is 0 Å². The predicted octanol–water partition coefficient (Wildman–Crippen LogP) is 1.30. The van der Waals surface area contributed by atoms with E-state index in [1.165, 1.54) is 0 Å². The van der Waals surface area contributed by atoms with Gasteiger partial charge in [0.05, 0.1) is 12.6 Å². The number of rotatable bonds is 4. The van der Waals surface area contributed by atoms with Crippen molar-refractivity contribution in [1.82, 2.24) is 10.6 Å². The zero-order valence-electron chi connectivity index (χ0n) is 11.8. The maximum atomic E-state index is 11.7. The van der Waals surface area contributed by atoms with E-state index < -0.39 is 0 Å². The monoisotopic (exact) mass is 292 g/mol. The van der Waals surface area contributed by atoms with Gasteiger partial charge in [-0.25, -0.2) is 4.79 Å². The summed E-state index contributed by atoms with van der Waals surface area (Å²) >= 11 is 0. The first kappa shape index (κ1) is 14.0. The smallest absolute Gasteiger partial charge is 0.315 e. The Labute approximate surface area is 123 Å². The molecule has 2 N–H and O–H groups in total. The molecule has 6 nitrogen and oxygen atoms in total. The van der Waals surface area contributed by atoms with E-state index in [-0.39, 0.29) is 18.2 Å². The van der Waals surface area contributed by atoms with Crippen LogP contribution >= 0.6 is 0 Å². The lowest BCUT2D eigenvalue weighted by Gasteiger charge is -2.26. The summed E-state index contributed by atoms with van der Waals surface area (Å²) in [7, 11) is 0. The number of carbonyl (C=O) groups excluding carboxylic acids is 1. The number of hydrogen-bond donors (Lipinski definition) is 2. The average molecular weight is 292 g/mol. The molecule has 6 heteroatoms. The number of urea groups is 1. The second kappa shape index (κ2) is 6.67. The molecule has 114 valence electrons. The molecule has 2 aliphatic heterocycles. The van der Waals surface area contributed by atoms with Gasteiger partial charge in [0, 0.05) is 13.2 Å². The third kappa shape index (κ3) is 3.78. The van der Waals surface area contributed by atoms with E-state index in [1.54, 1.807) is 0 Å². The van der Waals surface area contributed by atoms with Gasteiger partial charge in [-0.15, -0.1) is 0 Å². The minimum absolute atomic E-state index is 0.150. The van der Waals surface area contributed by atoms with E-state index >= 15 is 0 Å². The van der Waals surface area contributed by atoms with E-state index in [1.807, 2.05) is 24.3 Å². The van der Waals surface area contributed by atoms with Crippen LogP contribution in [0, 0.1) is 0 Å². The van der Waals surface area contributed by atoms with Crippen LogP contribution in [0.25, 0.3) is 0 Å². The summed E-state index contributed by atoms with van der Waals surface area (Å²) in [5, 5.41) is 5.61. The molecule has 1 fully saturated rings. The second-order valence-electron chi connectivity index (χ2n) is 5.22. The molecule has 2 atom stereocenters. The Morgan fingerprint density at radius 2 is 1.90 bits per heavy atom. The number of nitrogens with one attached hydrogen (secondary N) is 2. The average Bonchev–Trinajstić information content (AvgIpc) is 3.04. The quantitative estimate of drug-likeness (QED) is 0.878. The van der Waals surface area contributed by atoms with Crippen LogP contribution in [0.4, 0.5) is 4.79 Å². The summed E-state index contributed by atoms with van der Waals surface area (Å²) < 4.78 is 16.8. The second-order valence-corrected chi connectivity index (χ2v) is 5.22. The van der Waals surface area contributed by atoms with Crippen molar-refractivity contribution in [2.24, 2.45) is 0 Å². The fourth-order valence-corrected chi connectivity index (χ4v) is 2.44. The number of hydrogen-bond acceptors (Lipinski definition) is 4. The zero-order valence-corrected chi connectivity index (χ0v) is 11.8. The molecule has 0 spiro atoms. The van der Waals surface area contributed by atoms with Crippen molar-refractivity contribution < 1.29 is 19.0 Å². The topological polar surface area (TPSA) is 68.8 Å². The van der Waals surface area contributed by atoms with Crippen molar-refractivity contribution in [3.05, 3.63) is 24.3 Å².